The van der Waals surface area contributed by atoms with Crippen LogP contribution in [-0.2, 0) is 6.54 Å². The largest absolute Gasteiger partial charge is 0.347 e. The third-order valence-electron chi connectivity index (χ3n) is 4.70. The SMILES string of the molecule is Fc1cc(CN=C2NC(c3ccccc3)C(c3ccccc3)N2)cc(F)c1F. The zero-order chi connectivity index (χ0) is 19.5. The van der Waals surface area contributed by atoms with Gasteiger partial charge in [0, 0.05) is 0 Å². The fourth-order valence-corrected chi connectivity index (χ4v) is 3.34. The van der Waals surface area contributed by atoms with Crippen LogP contribution in [-0.4, -0.2) is 5.96 Å². The predicted molar refractivity (Wildman–Crippen MR) is 102 cm³/mol. The van der Waals surface area contributed by atoms with Gasteiger partial charge in [-0.3, -0.25) is 0 Å². The van der Waals surface area contributed by atoms with Crippen molar-refractivity contribution in [1.82, 2.24) is 10.6 Å². The van der Waals surface area contributed by atoms with E-state index in [0.29, 0.717) is 5.96 Å². The van der Waals surface area contributed by atoms with Crippen LogP contribution in [0.2, 0.25) is 0 Å². The van der Waals surface area contributed by atoms with E-state index in [-0.39, 0.29) is 24.2 Å². The molecule has 6 heteroatoms. The molecule has 3 nitrogen and oxygen atoms in total. The van der Waals surface area contributed by atoms with Gasteiger partial charge in [-0.1, -0.05) is 60.7 Å². The van der Waals surface area contributed by atoms with E-state index in [1.54, 1.807) is 0 Å². The third-order valence-corrected chi connectivity index (χ3v) is 4.70. The van der Waals surface area contributed by atoms with Crippen LogP contribution < -0.4 is 10.6 Å². The summed E-state index contributed by atoms with van der Waals surface area (Å²) in [5.74, 6) is -3.38. The molecule has 0 spiro atoms. The number of hydrogen-bond acceptors (Lipinski definition) is 1. The van der Waals surface area contributed by atoms with Crippen molar-refractivity contribution in [2.45, 2.75) is 18.6 Å². The number of nitrogens with zero attached hydrogens (tertiary/aromatic N) is 1. The Bertz CT molecular complexity index is 918. The number of rotatable bonds is 4. The van der Waals surface area contributed by atoms with E-state index in [2.05, 4.69) is 15.6 Å². The lowest BCUT2D eigenvalue weighted by atomic mass is 9.95. The highest BCUT2D eigenvalue weighted by Crippen LogP contribution is 2.32. The normalized spacial score (nSPS) is 18.5. The molecule has 2 N–H and O–H groups in total. The van der Waals surface area contributed by atoms with Crippen LogP contribution in [0.25, 0.3) is 0 Å². The standard InChI is InChI=1S/C22H18F3N3/c23-17-11-14(12-18(24)19(17)25)13-26-22-27-20(15-7-3-1-4-8-15)21(28-22)16-9-5-2-6-10-16/h1-12,20-21H,13H2,(H2,26,27,28). The maximum Gasteiger partial charge on any atom is 0.194 e. The zero-order valence-electron chi connectivity index (χ0n) is 14.9. The second-order valence-electron chi connectivity index (χ2n) is 6.60. The summed E-state index contributed by atoms with van der Waals surface area (Å²) in [5, 5.41) is 6.69. The minimum Gasteiger partial charge on any atom is -0.347 e. The van der Waals surface area contributed by atoms with Gasteiger partial charge in [0.2, 0.25) is 0 Å². The molecule has 0 aliphatic carbocycles. The Morgan fingerprint density at radius 2 is 1.18 bits per heavy atom. The van der Waals surface area contributed by atoms with Gasteiger partial charge < -0.3 is 10.6 Å². The lowest BCUT2D eigenvalue weighted by Gasteiger charge is -2.19. The van der Waals surface area contributed by atoms with Crippen LogP contribution >= 0.6 is 0 Å². The first-order valence-electron chi connectivity index (χ1n) is 8.92. The van der Waals surface area contributed by atoms with Crippen LogP contribution in [0.5, 0.6) is 0 Å². The Labute approximate surface area is 160 Å². The van der Waals surface area contributed by atoms with Crippen molar-refractivity contribution >= 4 is 5.96 Å². The highest BCUT2D eigenvalue weighted by atomic mass is 19.2. The van der Waals surface area contributed by atoms with Crippen molar-refractivity contribution in [2.75, 3.05) is 0 Å². The van der Waals surface area contributed by atoms with E-state index in [9.17, 15) is 13.2 Å². The summed E-state index contributed by atoms with van der Waals surface area (Å²) >= 11 is 0. The molecular weight excluding hydrogens is 363 g/mol. The van der Waals surface area contributed by atoms with Crippen LogP contribution in [0.4, 0.5) is 13.2 Å². The molecule has 0 aromatic heterocycles. The van der Waals surface area contributed by atoms with Gasteiger partial charge in [0.1, 0.15) is 0 Å². The molecule has 0 bridgehead atoms. The van der Waals surface area contributed by atoms with Crippen LogP contribution in [0.3, 0.4) is 0 Å². The second kappa shape index (κ2) is 7.76. The summed E-state index contributed by atoms with van der Waals surface area (Å²) in [5.41, 5.74) is 2.44. The minimum atomic E-state index is -1.47. The fraction of sp³-hybridized carbons (Fsp3) is 0.136. The van der Waals surface area contributed by atoms with Crippen LogP contribution in [0.15, 0.2) is 77.8 Å². The molecule has 2 unspecified atom stereocenters. The van der Waals surface area contributed by atoms with Gasteiger partial charge in [0.25, 0.3) is 0 Å². The van der Waals surface area contributed by atoms with E-state index in [4.69, 9.17) is 0 Å². The van der Waals surface area contributed by atoms with Gasteiger partial charge in [-0.15, -0.1) is 0 Å². The van der Waals surface area contributed by atoms with Crippen molar-refractivity contribution < 1.29 is 13.2 Å². The average molecular weight is 381 g/mol. The molecule has 28 heavy (non-hydrogen) atoms. The summed E-state index contributed by atoms with van der Waals surface area (Å²) < 4.78 is 39.9. The number of halogens is 3. The van der Waals surface area contributed by atoms with Crippen molar-refractivity contribution in [1.29, 1.82) is 0 Å². The molecule has 1 heterocycles. The van der Waals surface area contributed by atoms with E-state index < -0.39 is 17.5 Å². The summed E-state index contributed by atoms with van der Waals surface area (Å²) in [6, 6.07) is 21.7. The first kappa shape index (κ1) is 18.1. The molecule has 1 fully saturated rings. The number of nitrogens with one attached hydrogen (secondary N) is 2. The van der Waals surface area contributed by atoms with Gasteiger partial charge >= 0.3 is 0 Å². The fourth-order valence-electron chi connectivity index (χ4n) is 3.34. The lowest BCUT2D eigenvalue weighted by molar-refractivity contribution is 0.445. The van der Waals surface area contributed by atoms with E-state index in [0.717, 1.165) is 23.3 Å². The van der Waals surface area contributed by atoms with Crippen molar-refractivity contribution in [2.24, 2.45) is 4.99 Å². The number of benzene rings is 3. The summed E-state index contributed by atoms with van der Waals surface area (Å²) in [6.45, 7) is 0.0203. The summed E-state index contributed by atoms with van der Waals surface area (Å²) in [6.07, 6.45) is 0. The zero-order valence-corrected chi connectivity index (χ0v) is 14.9. The van der Waals surface area contributed by atoms with Crippen LogP contribution in [0, 0.1) is 17.5 Å². The van der Waals surface area contributed by atoms with Gasteiger partial charge in [-0.25, -0.2) is 18.2 Å². The Morgan fingerprint density at radius 3 is 1.64 bits per heavy atom. The Hall–Kier alpha value is -3.28. The van der Waals surface area contributed by atoms with E-state index in [1.165, 1.54) is 0 Å². The molecule has 1 saturated heterocycles. The molecule has 0 saturated carbocycles. The molecule has 4 rings (SSSR count). The van der Waals surface area contributed by atoms with Gasteiger partial charge in [-0.05, 0) is 28.8 Å². The van der Waals surface area contributed by atoms with Crippen molar-refractivity contribution in [3.63, 3.8) is 0 Å². The Balaban J connectivity index is 1.60. The second-order valence-corrected chi connectivity index (χ2v) is 6.60. The molecule has 0 amide bonds. The quantitative estimate of drug-likeness (QED) is 0.646. The summed E-state index contributed by atoms with van der Waals surface area (Å²) in [7, 11) is 0. The molecule has 0 radical (unpaired) electrons. The lowest BCUT2D eigenvalue weighted by Crippen LogP contribution is -2.25. The molecule has 3 aromatic carbocycles. The first-order chi connectivity index (χ1) is 13.6. The number of aliphatic imine (C=N–C) groups is 1. The van der Waals surface area contributed by atoms with E-state index >= 15 is 0 Å². The number of hydrogen-bond donors (Lipinski definition) is 2. The third kappa shape index (κ3) is 3.71. The predicted octanol–water partition coefficient (Wildman–Crippen LogP) is 4.64. The highest BCUT2D eigenvalue weighted by molar-refractivity contribution is 5.83. The average Bonchev–Trinajstić information content (AvgIpc) is 3.16. The van der Waals surface area contributed by atoms with Crippen LogP contribution in [0.1, 0.15) is 28.8 Å². The molecule has 1 aliphatic rings. The molecular formula is C22H18F3N3. The maximum atomic E-state index is 13.4. The number of guanidine groups is 1. The molecule has 2 atom stereocenters. The monoisotopic (exact) mass is 381 g/mol. The minimum absolute atomic E-state index is 0.0203. The molecule has 1 aliphatic heterocycles. The van der Waals surface area contributed by atoms with E-state index in [1.807, 2.05) is 60.7 Å². The van der Waals surface area contributed by atoms with Gasteiger partial charge in [0.15, 0.2) is 23.4 Å². The topological polar surface area (TPSA) is 36.4 Å². The summed E-state index contributed by atoms with van der Waals surface area (Å²) in [4.78, 5) is 4.40. The smallest absolute Gasteiger partial charge is 0.194 e. The molecule has 142 valence electrons. The van der Waals surface area contributed by atoms with Gasteiger partial charge in [-0.2, -0.15) is 0 Å². The first-order valence-corrected chi connectivity index (χ1v) is 8.92. The maximum absolute atomic E-state index is 13.4. The Morgan fingerprint density at radius 1 is 0.714 bits per heavy atom. The van der Waals surface area contributed by atoms with Crippen molar-refractivity contribution in [3.8, 4) is 0 Å². The van der Waals surface area contributed by atoms with Crippen molar-refractivity contribution in [3.05, 3.63) is 107 Å². The highest BCUT2D eigenvalue weighted by Gasteiger charge is 2.32. The molecule has 3 aromatic rings. The Kier molecular flexibility index (Phi) is 5.02. The van der Waals surface area contributed by atoms with Gasteiger partial charge in [0.05, 0.1) is 18.6 Å².